The second kappa shape index (κ2) is 6.95. The van der Waals surface area contributed by atoms with Gasteiger partial charge in [0, 0.05) is 30.9 Å². The van der Waals surface area contributed by atoms with Crippen molar-refractivity contribution in [1.29, 1.82) is 0 Å². The summed E-state index contributed by atoms with van der Waals surface area (Å²) in [6, 6.07) is 11.3. The number of hydrogen-bond donors (Lipinski definition) is 1. The molecule has 2 aromatic heterocycles. The molecule has 0 spiro atoms. The number of likely N-dealkylation sites (tertiary alicyclic amines) is 1. The van der Waals surface area contributed by atoms with E-state index in [-0.39, 0.29) is 17.8 Å². The van der Waals surface area contributed by atoms with Gasteiger partial charge in [-0.05, 0) is 42.5 Å². The highest BCUT2D eigenvalue weighted by molar-refractivity contribution is 5.93. The Hall–Kier alpha value is -3.22. The van der Waals surface area contributed by atoms with E-state index in [1.807, 2.05) is 0 Å². The monoisotopic (exact) mass is 352 g/mol. The minimum atomic E-state index is -0.308. The lowest BCUT2D eigenvalue weighted by molar-refractivity contribution is 0.0766. The van der Waals surface area contributed by atoms with Crippen LogP contribution in [0.1, 0.15) is 16.9 Å². The number of rotatable bonds is 4. The van der Waals surface area contributed by atoms with Crippen molar-refractivity contribution in [2.45, 2.75) is 12.5 Å². The first-order valence-electron chi connectivity index (χ1n) is 8.36. The molecule has 3 heterocycles. The third-order valence-electron chi connectivity index (χ3n) is 4.33. The zero-order valence-electron chi connectivity index (χ0n) is 13.9. The summed E-state index contributed by atoms with van der Waals surface area (Å²) in [7, 11) is 0. The van der Waals surface area contributed by atoms with Crippen molar-refractivity contribution in [3.63, 3.8) is 0 Å². The largest absolute Gasteiger partial charge is 0.488 e. The van der Waals surface area contributed by atoms with Crippen LogP contribution in [0.25, 0.3) is 11.3 Å². The first-order chi connectivity index (χ1) is 12.7. The van der Waals surface area contributed by atoms with Gasteiger partial charge in [-0.3, -0.25) is 14.9 Å². The van der Waals surface area contributed by atoms with Crippen molar-refractivity contribution < 1.29 is 13.9 Å². The lowest BCUT2D eigenvalue weighted by Crippen LogP contribution is -2.31. The van der Waals surface area contributed by atoms with Gasteiger partial charge in [-0.2, -0.15) is 5.10 Å². The van der Waals surface area contributed by atoms with Crippen molar-refractivity contribution in [3.05, 3.63) is 66.4 Å². The maximum atomic E-state index is 13.0. The Kier molecular flexibility index (Phi) is 4.35. The fourth-order valence-corrected chi connectivity index (χ4v) is 2.99. The number of nitrogens with zero attached hydrogens (tertiary/aromatic N) is 3. The number of amides is 1. The summed E-state index contributed by atoms with van der Waals surface area (Å²) in [6.45, 7) is 1.14. The summed E-state index contributed by atoms with van der Waals surface area (Å²) in [4.78, 5) is 18.4. The summed E-state index contributed by atoms with van der Waals surface area (Å²) in [6.07, 6.45) is 4.08. The number of nitrogens with one attached hydrogen (secondary N) is 1. The maximum Gasteiger partial charge on any atom is 0.272 e. The number of aromatic nitrogens is 3. The molecule has 1 atom stereocenters. The Bertz CT molecular complexity index is 895. The van der Waals surface area contributed by atoms with Gasteiger partial charge in [0.25, 0.3) is 5.91 Å². The van der Waals surface area contributed by atoms with E-state index < -0.39 is 0 Å². The first kappa shape index (κ1) is 16.3. The van der Waals surface area contributed by atoms with Crippen LogP contribution in [0.3, 0.4) is 0 Å². The predicted molar refractivity (Wildman–Crippen MR) is 93.2 cm³/mol. The number of carbonyl (C=O) groups excluding carboxylic acids is 1. The second-order valence-corrected chi connectivity index (χ2v) is 6.14. The summed E-state index contributed by atoms with van der Waals surface area (Å²) >= 11 is 0. The fourth-order valence-electron chi connectivity index (χ4n) is 2.99. The number of halogens is 1. The zero-order valence-corrected chi connectivity index (χ0v) is 13.9. The summed E-state index contributed by atoms with van der Waals surface area (Å²) in [5, 5.41) is 6.94. The maximum absolute atomic E-state index is 13.0. The zero-order chi connectivity index (χ0) is 17.9. The van der Waals surface area contributed by atoms with Gasteiger partial charge in [-0.25, -0.2) is 4.39 Å². The summed E-state index contributed by atoms with van der Waals surface area (Å²) < 4.78 is 18.9. The molecule has 1 aromatic carbocycles. The van der Waals surface area contributed by atoms with Crippen molar-refractivity contribution in [2.75, 3.05) is 13.1 Å². The van der Waals surface area contributed by atoms with Gasteiger partial charge in [0.1, 0.15) is 23.4 Å². The van der Waals surface area contributed by atoms with Crippen LogP contribution in [0.2, 0.25) is 0 Å². The van der Waals surface area contributed by atoms with E-state index in [1.165, 1.54) is 12.1 Å². The minimum Gasteiger partial charge on any atom is -0.488 e. The molecule has 0 aliphatic carbocycles. The molecule has 1 aliphatic rings. The Morgan fingerprint density at radius 1 is 1.19 bits per heavy atom. The predicted octanol–water partition coefficient (Wildman–Crippen LogP) is 2.90. The number of ether oxygens (including phenoxy) is 1. The van der Waals surface area contributed by atoms with Crippen molar-refractivity contribution >= 4 is 5.91 Å². The van der Waals surface area contributed by atoms with Gasteiger partial charge >= 0.3 is 0 Å². The number of carbonyl (C=O) groups is 1. The smallest absolute Gasteiger partial charge is 0.272 e. The molecule has 6 nitrogen and oxygen atoms in total. The van der Waals surface area contributed by atoms with Crippen molar-refractivity contribution in [3.8, 4) is 17.0 Å². The number of hydrogen-bond acceptors (Lipinski definition) is 4. The van der Waals surface area contributed by atoms with Crippen LogP contribution in [0, 0.1) is 5.82 Å². The molecule has 132 valence electrons. The van der Waals surface area contributed by atoms with Crippen LogP contribution in [0.4, 0.5) is 4.39 Å². The van der Waals surface area contributed by atoms with Gasteiger partial charge in [-0.1, -0.05) is 0 Å². The Balaban J connectivity index is 1.41. The number of H-pyrrole nitrogens is 1. The highest BCUT2D eigenvalue weighted by Gasteiger charge is 2.29. The minimum absolute atomic E-state index is 0.0409. The number of benzene rings is 1. The lowest BCUT2D eigenvalue weighted by atomic mass is 10.1. The molecule has 0 bridgehead atoms. The quantitative estimate of drug-likeness (QED) is 0.784. The second-order valence-electron chi connectivity index (χ2n) is 6.14. The fraction of sp³-hybridized carbons (Fsp3) is 0.211. The summed E-state index contributed by atoms with van der Waals surface area (Å²) in [5.41, 5.74) is 1.77. The van der Waals surface area contributed by atoms with E-state index in [0.29, 0.717) is 24.5 Å². The molecule has 3 aromatic rings. The van der Waals surface area contributed by atoms with Crippen LogP contribution in [-0.4, -0.2) is 45.2 Å². The molecule has 0 unspecified atom stereocenters. The molecule has 1 saturated heterocycles. The topological polar surface area (TPSA) is 71.1 Å². The van der Waals surface area contributed by atoms with Crippen LogP contribution in [0.15, 0.2) is 54.9 Å². The molecule has 0 saturated carbocycles. The van der Waals surface area contributed by atoms with Gasteiger partial charge in [-0.15, -0.1) is 0 Å². The van der Waals surface area contributed by atoms with Gasteiger partial charge < -0.3 is 9.64 Å². The summed E-state index contributed by atoms with van der Waals surface area (Å²) in [5.74, 6) is 0.323. The molecular formula is C19H17FN4O2. The highest BCUT2D eigenvalue weighted by atomic mass is 19.1. The van der Waals surface area contributed by atoms with E-state index in [2.05, 4.69) is 15.2 Å². The molecule has 7 heteroatoms. The molecule has 1 amide bonds. The lowest BCUT2D eigenvalue weighted by Gasteiger charge is -2.16. The standard InChI is InChI=1S/C19H17FN4O2/c20-14-3-1-13(2-4-14)17-11-18(23-22-17)19(25)24-10-7-16(12-24)26-15-5-8-21-9-6-15/h1-6,8-9,11,16H,7,10,12H2,(H,22,23)/t16-/m1/s1. The van der Waals surface area contributed by atoms with Crippen molar-refractivity contribution in [1.82, 2.24) is 20.1 Å². The van der Waals surface area contributed by atoms with Gasteiger partial charge in [0.2, 0.25) is 0 Å². The molecule has 4 rings (SSSR count). The highest BCUT2D eigenvalue weighted by Crippen LogP contribution is 2.21. The van der Waals surface area contributed by atoms with Gasteiger partial charge in [0.15, 0.2) is 0 Å². The molecule has 1 N–H and O–H groups in total. The van der Waals surface area contributed by atoms with E-state index >= 15 is 0 Å². The molecule has 0 radical (unpaired) electrons. The van der Waals surface area contributed by atoms with E-state index in [1.54, 1.807) is 47.6 Å². The van der Waals surface area contributed by atoms with E-state index in [0.717, 1.165) is 17.7 Å². The third-order valence-corrected chi connectivity index (χ3v) is 4.33. The Morgan fingerprint density at radius 2 is 1.96 bits per heavy atom. The molecule has 1 fully saturated rings. The van der Waals surface area contributed by atoms with E-state index in [4.69, 9.17) is 4.74 Å². The average Bonchev–Trinajstić information content (AvgIpc) is 3.33. The molecular weight excluding hydrogens is 335 g/mol. The SMILES string of the molecule is O=C(c1cc(-c2ccc(F)cc2)n[nH]1)N1CC[C@@H](Oc2ccncc2)C1. The van der Waals surface area contributed by atoms with Crippen LogP contribution in [-0.2, 0) is 0 Å². The third kappa shape index (κ3) is 3.42. The number of aromatic amines is 1. The van der Waals surface area contributed by atoms with Crippen LogP contribution >= 0.6 is 0 Å². The van der Waals surface area contributed by atoms with Crippen LogP contribution in [0.5, 0.6) is 5.75 Å². The van der Waals surface area contributed by atoms with Crippen LogP contribution < -0.4 is 4.74 Å². The van der Waals surface area contributed by atoms with E-state index in [9.17, 15) is 9.18 Å². The molecule has 26 heavy (non-hydrogen) atoms. The Labute approximate surface area is 149 Å². The molecule has 1 aliphatic heterocycles. The van der Waals surface area contributed by atoms with Gasteiger partial charge in [0.05, 0.1) is 12.2 Å². The average molecular weight is 352 g/mol. The van der Waals surface area contributed by atoms with Crippen molar-refractivity contribution in [2.24, 2.45) is 0 Å². The normalized spacial score (nSPS) is 16.7. The Morgan fingerprint density at radius 3 is 2.73 bits per heavy atom. The first-order valence-corrected chi connectivity index (χ1v) is 8.36. The number of pyridine rings is 1.